The number of carbonyl (C=O) groups is 18. The summed E-state index contributed by atoms with van der Waals surface area (Å²) in [7, 11) is 3.68. The maximum absolute atomic E-state index is 16.3. The van der Waals surface area contributed by atoms with Gasteiger partial charge in [-0.3, -0.25) is 86.3 Å². The minimum atomic E-state index is -1.89. The normalized spacial score (nSPS) is 20.0. The van der Waals surface area contributed by atoms with Gasteiger partial charge in [-0.15, -0.1) is 0 Å². The van der Waals surface area contributed by atoms with E-state index in [1.807, 2.05) is 50.2 Å². The van der Waals surface area contributed by atoms with Crippen molar-refractivity contribution in [2.24, 2.45) is 58.3 Å². The molecular weight excluding hydrogens is 1690 g/mol. The number of ketones is 5. The Morgan fingerprint density at radius 1 is 0.609 bits per heavy atom. The van der Waals surface area contributed by atoms with Gasteiger partial charge >= 0.3 is 0 Å². The van der Waals surface area contributed by atoms with Crippen LogP contribution < -0.4 is 81.3 Å². The highest BCUT2D eigenvalue weighted by Crippen LogP contribution is 2.50. The second-order valence-corrected chi connectivity index (χ2v) is 36.9. The molecule has 0 radical (unpaired) electrons. The number of Topliss-reactive ketones (excluding diaryl/α,β-unsaturated/α-hetero) is 5. The van der Waals surface area contributed by atoms with Gasteiger partial charge in [-0.25, -0.2) is 0 Å². The minimum Gasteiger partial charge on any atom is -0.492 e. The molecule has 2 saturated heterocycles. The number of rotatable bonds is 42. The lowest BCUT2D eigenvalue weighted by atomic mass is 9.79. The molecule has 0 saturated carbocycles. The maximum Gasteiger partial charge on any atom is 0.245 e. The van der Waals surface area contributed by atoms with Crippen LogP contribution in [0, 0.1) is 29.6 Å². The molecule has 36 nitrogen and oxygen atoms in total. The van der Waals surface area contributed by atoms with Gasteiger partial charge in [0.25, 0.3) is 0 Å². The molecule has 0 bridgehead atoms. The number of aromatic amines is 1. The highest BCUT2D eigenvalue weighted by molar-refractivity contribution is 8.77. The molecule has 1 aromatic heterocycles. The monoisotopic (exact) mass is 1820 g/mol. The van der Waals surface area contributed by atoms with E-state index in [0.29, 0.717) is 46.3 Å². The number of likely N-dealkylation sites (N-methyl/N-ethyl adjacent to an activating group) is 1. The zero-order chi connectivity index (χ0) is 94.9. The van der Waals surface area contributed by atoms with Crippen molar-refractivity contribution in [2.45, 2.75) is 235 Å². The molecular formula is C90H125N15O21S2. The van der Waals surface area contributed by atoms with Gasteiger partial charge in [0.05, 0.1) is 48.4 Å². The van der Waals surface area contributed by atoms with Crippen LogP contribution in [-0.2, 0) is 110 Å². The fourth-order valence-electron chi connectivity index (χ4n) is 15.3. The molecule has 5 aromatic rings. The van der Waals surface area contributed by atoms with E-state index in [2.05, 4.69) is 52.8 Å². The van der Waals surface area contributed by atoms with Gasteiger partial charge in [-0.1, -0.05) is 115 Å². The number of fused-ring (bicyclic) bond motifs is 2. The van der Waals surface area contributed by atoms with Gasteiger partial charge < -0.3 is 96.1 Å². The molecule has 13 amide bonds. The first-order valence-electron chi connectivity index (χ1n) is 42.9. The molecule has 12 atom stereocenters. The number of benzene rings is 4. The Balaban J connectivity index is 0.0000125. The summed E-state index contributed by atoms with van der Waals surface area (Å²) in [5, 5.41) is 38.0. The van der Waals surface area contributed by atoms with Crippen molar-refractivity contribution in [1.29, 1.82) is 0 Å². The third kappa shape index (κ3) is 32.7. The predicted molar refractivity (Wildman–Crippen MR) is 481 cm³/mol. The molecule has 3 heterocycles. The number of amides is 13. The number of hydrogen-bond acceptors (Lipinski definition) is 24. The van der Waals surface area contributed by atoms with Crippen molar-refractivity contribution in [3.8, 4) is 5.75 Å². The zero-order valence-corrected chi connectivity index (χ0v) is 75.9. The van der Waals surface area contributed by atoms with Gasteiger partial charge in [0.1, 0.15) is 36.0 Å². The molecule has 698 valence electrons. The van der Waals surface area contributed by atoms with Crippen molar-refractivity contribution in [1.82, 2.24) is 52.8 Å². The molecule has 2 aliphatic heterocycles. The molecule has 0 aliphatic carbocycles. The van der Waals surface area contributed by atoms with E-state index in [9.17, 15) is 62.6 Å². The molecule has 4 aromatic carbocycles. The number of H-pyrrole nitrogens is 1. The van der Waals surface area contributed by atoms with E-state index in [4.69, 9.17) is 38.1 Å². The van der Waals surface area contributed by atoms with Gasteiger partial charge in [0, 0.05) is 149 Å². The van der Waals surface area contributed by atoms with Crippen molar-refractivity contribution in [3.05, 3.63) is 114 Å². The van der Waals surface area contributed by atoms with Gasteiger partial charge in [-0.05, 0) is 119 Å². The number of ether oxygens (including phenoxy) is 2. The summed E-state index contributed by atoms with van der Waals surface area (Å²) < 4.78 is 8.72. The summed E-state index contributed by atoms with van der Waals surface area (Å²) in [6.45, 7) is 14.6. The number of unbranched alkanes of at least 4 members (excludes halogenated alkanes) is 1. The molecule has 12 unspecified atom stereocenters. The molecule has 128 heavy (non-hydrogen) atoms. The van der Waals surface area contributed by atoms with E-state index >= 15 is 28.8 Å². The molecule has 38 heteroatoms. The van der Waals surface area contributed by atoms with Crippen LogP contribution in [0.5, 0.6) is 5.75 Å². The molecule has 7 rings (SSSR count). The fraction of sp³-hybridized carbons (Fsp3) is 0.533. The summed E-state index contributed by atoms with van der Waals surface area (Å²) in [6, 6.07) is 16.2. The van der Waals surface area contributed by atoms with Gasteiger partial charge in [-0.2, -0.15) is 0 Å². The number of para-hydroxylation sites is 1. The number of hydrogen-bond donors (Lipinski definition) is 16. The van der Waals surface area contributed by atoms with Crippen molar-refractivity contribution in [2.75, 3.05) is 40.0 Å². The van der Waals surface area contributed by atoms with Crippen LogP contribution in [0.4, 0.5) is 0 Å². The first-order chi connectivity index (χ1) is 60.5. The summed E-state index contributed by atoms with van der Waals surface area (Å²) in [5.74, 6) is -23.1. The van der Waals surface area contributed by atoms with Crippen LogP contribution in [0.15, 0.2) is 97.2 Å². The third-order valence-electron chi connectivity index (χ3n) is 22.5. The average molecular weight is 1820 g/mol. The number of carbonyl (C=O) groups excluding carboxylic acids is 18. The summed E-state index contributed by atoms with van der Waals surface area (Å²) >= 11 is 0. The lowest BCUT2D eigenvalue weighted by Gasteiger charge is -2.39. The number of aliphatic hydroxyl groups is 1. The second kappa shape index (κ2) is 50.3. The topological polar surface area (TPSA) is 600 Å². The number of aliphatic hydroxyl groups excluding tert-OH is 1. The molecule has 0 spiro atoms. The number of primary amides is 5. The Labute approximate surface area is 751 Å². The van der Waals surface area contributed by atoms with E-state index in [1.165, 1.54) is 6.92 Å². The van der Waals surface area contributed by atoms with Crippen molar-refractivity contribution in [3.63, 3.8) is 0 Å². The Hall–Kier alpha value is -11.5. The summed E-state index contributed by atoms with van der Waals surface area (Å²) in [4.78, 5) is 259. The van der Waals surface area contributed by atoms with Crippen LogP contribution >= 0.6 is 21.6 Å². The van der Waals surface area contributed by atoms with Crippen LogP contribution in [-0.4, -0.2) is 213 Å². The van der Waals surface area contributed by atoms with Gasteiger partial charge in [0.2, 0.25) is 76.8 Å². The molecule has 2 aliphatic rings. The first-order valence-corrected chi connectivity index (χ1v) is 45.1. The number of aromatic nitrogens is 1. The Morgan fingerprint density at radius 3 is 1.86 bits per heavy atom. The van der Waals surface area contributed by atoms with E-state index < -0.39 is 251 Å². The average Bonchev–Trinajstić information content (AvgIpc) is 1.85. The minimum absolute atomic E-state index is 0.0717. The zero-order valence-electron chi connectivity index (χ0n) is 74.2. The SMILES string of the molecule is CC.CNCCOc1ccc(CC(NC(=O)C2CC(=O)C(CCC(N)=O)NC(=O)C(Cc3c[nH]c4ccccc34)NC(=O)C(C(C)O)NC(=O)C(CC(N)=O)CC(=O)C(NC(C)=O)C(C)(C)SSC2(C)C)C(=O)CC(Cc2ccc3ccccc3c2)C(=O)NC2(C(=O)CC(CCCCNC(C)=O)C(=O)NC(CC(N)=O)C(=O)CC(CC(N)=O)C(N)=O)CCOCC2)cc1. The van der Waals surface area contributed by atoms with E-state index in [-0.39, 0.29) is 77.2 Å². The largest absolute Gasteiger partial charge is 0.492 e. The van der Waals surface area contributed by atoms with E-state index in [1.54, 1.807) is 95.5 Å². The van der Waals surface area contributed by atoms with Crippen LogP contribution in [0.25, 0.3) is 21.7 Å². The maximum atomic E-state index is 16.3. The van der Waals surface area contributed by atoms with Gasteiger partial charge in [0.15, 0.2) is 28.9 Å². The quantitative estimate of drug-likeness (QED) is 0.0197. The lowest BCUT2D eigenvalue weighted by molar-refractivity contribution is -0.141. The van der Waals surface area contributed by atoms with Crippen molar-refractivity contribution < 1.29 is 101 Å². The van der Waals surface area contributed by atoms with Crippen LogP contribution in [0.2, 0.25) is 0 Å². The van der Waals surface area contributed by atoms with Crippen LogP contribution in [0.1, 0.15) is 175 Å². The highest BCUT2D eigenvalue weighted by atomic mass is 33.1. The Kier molecular flexibility index (Phi) is 41.4. The third-order valence-corrected chi connectivity index (χ3v) is 26.7. The number of nitrogens with two attached hydrogens (primary N) is 5. The van der Waals surface area contributed by atoms with Crippen LogP contribution in [0.3, 0.4) is 0 Å². The summed E-state index contributed by atoms with van der Waals surface area (Å²) in [5.41, 5.74) is 28.1. The number of nitrogens with one attached hydrogen (secondary N) is 10. The smallest absolute Gasteiger partial charge is 0.245 e. The summed E-state index contributed by atoms with van der Waals surface area (Å²) in [6.07, 6.45) is -7.70. The standard InChI is InChI=1S/C88H119N15O21S2.C2H6/c1-48(104)77-85(122)101-67(38-59-47-96-63-19-12-11-18-61(59)63)84(121)98-64(26-27-73(89)112)70(109)45-62(86(4,5)125-126-87(6,7)78(97-50(3)106)71(110)41-58(44-75(91)114)81(118)102-77)83(120)100-65(37-51-21-24-60(25-22-51)124-34-31-94-8)69(108)40-57(36-52-20-23-53-15-9-10-16-54(53)35-52)82(119)103-88(28-32-123-33-29-88)72(111)42-55(17-13-14-30-95-49(2)105)80(117)99-66(46-76(92)115)68(107)39-56(79(93)116)43-74(90)113;1-2/h9-12,15-16,18-25,35,47-48,55-58,62,64-67,77-78,94,96,104H,13-14,17,26-34,36-46H2,1-8H3,(H2,89,112)(H2,90,113)(H2,91,114)(H2,92,115)(H2,93,116)(H,95,105)(H,97,106)(H,98,121)(H,99,117)(H,100,120)(H,101,122)(H,102,118)(H,103,119);1-2H3. The highest BCUT2D eigenvalue weighted by Gasteiger charge is 2.48. The molecule has 2 fully saturated rings. The second-order valence-electron chi connectivity index (χ2n) is 33.5. The predicted octanol–water partition coefficient (Wildman–Crippen LogP) is 2.46. The Morgan fingerprint density at radius 2 is 1.23 bits per heavy atom. The lowest BCUT2D eigenvalue weighted by Crippen LogP contribution is -2.60. The molecule has 21 N–H and O–H groups in total. The first kappa shape index (κ1) is 105. The fourth-order valence-corrected chi connectivity index (χ4v) is 18.2. The van der Waals surface area contributed by atoms with E-state index in [0.717, 1.165) is 46.2 Å². The Bertz CT molecular complexity index is 4800. The van der Waals surface area contributed by atoms with Crippen molar-refractivity contribution >= 4 is 149 Å².